The first-order valence-corrected chi connectivity index (χ1v) is 5.87. The van der Waals surface area contributed by atoms with E-state index in [0.717, 1.165) is 11.5 Å². The van der Waals surface area contributed by atoms with Crippen molar-refractivity contribution in [1.29, 1.82) is 0 Å². The number of halogens is 1. The Bertz CT molecular complexity index is 798. The molecule has 100 valence electrons. The summed E-state index contributed by atoms with van der Waals surface area (Å²) in [5.74, 6) is -1.11. The minimum Gasteiger partial charge on any atom is -0.465 e. The van der Waals surface area contributed by atoms with Crippen LogP contribution in [0.15, 0.2) is 42.7 Å². The first kappa shape index (κ1) is 12.3. The normalized spacial score (nSPS) is 10.7. The van der Waals surface area contributed by atoms with Crippen LogP contribution in [0.1, 0.15) is 10.4 Å². The molecular formula is C14H10FN3O2. The second-order valence-corrected chi connectivity index (χ2v) is 4.15. The number of carbonyl (C=O) groups excluding carboxylic acids is 1. The fourth-order valence-electron chi connectivity index (χ4n) is 2.06. The lowest BCUT2D eigenvalue weighted by Crippen LogP contribution is -2.08. The molecule has 5 nitrogen and oxygen atoms in total. The number of carbonyl (C=O) groups is 1. The number of aromatic nitrogens is 3. The molecule has 0 amide bonds. The SMILES string of the molecule is COC(=O)c1cc(F)ccc1-n1ccc2ccnnc21. The van der Waals surface area contributed by atoms with Gasteiger partial charge in [0, 0.05) is 11.6 Å². The van der Waals surface area contributed by atoms with E-state index >= 15 is 0 Å². The fourth-order valence-corrected chi connectivity index (χ4v) is 2.06. The van der Waals surface area contributed by atoms with Gasteiger partial charge >= 0.3 is 5.97 Å². The lowest BCUT2D eigenvalue weighted by molar-refractivity contribution is 0.0600. The molecule has 0 bridgehead atoms. The second-order valence-electron chi connectivity index (χ2n) is 4.15. The number of methoxy groups -OCH3 is 1. The van der Waals surface area contributed by atoms with Crippen molar-refractivity contribution in [3.63, 3.8) is 0 Å². The monoisotopic (exact) mass is 271 g/mol. The summed E-state index contributed by atoms with van der Waals surface area (Å²) >= 11 is 0. The number of rotatable bonds is 2. The fraction of sp³-hybridized carbons (Fsp3) is 0.0714. The maximum Gasteiger partial charge on any atom is 0.340 e. The van der Waals surface area contributed by atoms with Gasteiger partial charge in [-0.2, -0.15) is 5.10 Å². The summed E-state index contributed by atoms with van der Waals surface area (Å²) in [5, 5.41) is 8.73. The van der Waals surface area contributed by atoms with Crippen molar-refractivity contribution in [2.45, 2.75) is 0 Å². The zero-order valence-corrected chi connectivity index (χ0v) is 10.6. The Hall–Kier alpha value is -2.76. The van der Waals surface area contributed by atoms with E-state index < -0.39 is 11.8 Å². The van der Waals surface area contributed by atoms with Crippen LogP contribution in [-0.4, -0.2) is 27.8 Å². The van der Waals surface area contributed by atoms with E-state index in [9.17, 15) is 9.18 Å². The lowest BCUT2D eigenvalue weighted by Gasteiger charge is -2.09. The van der Waals surface area contributed by atoms with Gasteiger partial charge in [-0.1, -0.05) is 0 Å². The van der Waals surface area contributed by atoms with Crippen molar-refractivity contribution in [1.82, 2.24) is 14.8 Å². The highest BCUT2D eigenvalue weighted by Gasteiger charge is 2.16. The third-order valence-electron chi connectivity index (χ3n) is 2.99. The number of fused-ring (bicyclic) bond motifs is 1. The number of esters is 1. The number of hydrogen-bond donors (Lipinski definition) is 0. The Balaban J connectivity index is 2.26. The van der Waals surface area contributed by atoms with Crippen LogP contribution in [0.3, 0.4) is 0 Å². The van der Waals surface area contributed by atoms with E-state index in [-0.39, 0.29) is 5.56 Å². The van der Waals surface area contributed by atoms with Crippen LogP contribution < -0.4 is 0 Å². The van der Waals surface area contributed by atoms with Crippen LogP contribution in [-0.2, 0) is 4.74 Å². The molecule has 3 aromatic rings. The predicted molar refractivity (Wildman–Crippen MR) is 70.2 cm³/mol. The Morgan fingerprint density at radius 2 is 2.15 bits per heavy atom. The van der Waals surface area contributed by atoms with E-state index in [2.05, 4.69) is 14.9 Å². The molecule has 2 heterocycles. The number of nitrogens with zero attached hydrogens (tertiary/aromatic N) is 3. The standard InChI is InChI=1S/C14H10FN3O2/c1-20-14(19)11-8-10(15)2-3-12(11)18-7-5-9-4-6-16-17-13(9)18/h2-8H,1H3. The molecule has 0 saturated heterocycles. The van der Waals surface area contributed by atoms with Gasteiger partial charge in [0.1, 0.15) is 5.82 Å². The lowest BCUT2D eigenvalue weighted by atomic mass is 10.1. The van der Waals surface area contributed by atoms with Crippen molar-refractivity contribution < 1.29 is 13.9 Å². The maximum atomic E-state index is 13.4. The van der Waals surface area contributed by atoms with Gasteiger partial charge < -0.3 is 4.74 Å². The Morgan fingerprint density at radius 1 is 1.30 bits per heavy atom. The van der Waals surface area contributed by atoms with E-state index in [0.29, 0.717) is 11.3 Å². The molecule has 6 heteroatoms. The van der Waals surface area contributed by atoms with Crippen LogP contribution in [0, 0.1) is 5.82 Å². The molecule has 20 heavy (non-hydrogen) atoms. The smallest absolute Gasteiger partial charge is 0.340 e. The number of hydrogen-bond acceptors (Lipinski definition) is 4. The molecule has 0 aliphatic rings. The van der Waals surface area contributed by atoms with Crippen LogP contribution in [0.5, 0.6) is 0 Å². The van der Waals surface area contributed by atoms with Crippen molar-refractivity contribution in [3.05, 3.63) is 54.1 Å². The number of ether oxygens (including phenoxy) is 1. The van der Waals surface area contributed by atoms with Gasteiger partial charge in [-0.15, -0.1) is 5.10 Å². The molecule has 0 N–H and O–H groups in total. The molecule has 0 aliphatic heterocycles. The van der Waals surface area contributed by atoms with Crippen molar-refractivity contribution in [3.8, 4) is 5.69 Å². The summed E-state index contributed by atoms with van der Waals surface area (Å²) in [4.78, 5) is 11.8. The Labute approximate surface area is 113 Å². The summed E-state index contributed by atoms with van der Waals surface area (Å²) in [5.41, 5.74) is 1.22. The number of benzene rings is 1. The average Bonchev–Trinajstić information content (AvgIpc) is 2.90. The summed E-state index contributed by atoms with van der Waals surface area (Å²) in [6.07, 6.45) is 3.33. The average molecular weight is 271 g/mol. The topological polar surface area (TPSA) is 57.0 Å². The molecule has 2 aromatic heterocycles. The molecule has 3 rings (SSSR count). The summed E-state index contributed by atoms with van der Waals surface area (Å²) in [6.45, 7) is 0. The molecule has 0 unspecified atom stereocenters. The van der Waals surface area contributed by atoms with E-state index in [1.807, 2.05) is 6.07 Å². The third-order valence-corrected chi connectivity index (χ3v) is 2.99. The molecular weight excluding hydrogens is 261 g/mol. The van der Waals surface area contributed by atoms with Crippen LogP contribution in [0.25, 0.3) is 16.7 Å². The van der Waals surface area contributed by atoms with Gasteiger partial charge in [-0.25, -0.2) is 9.18 Å². The van der Waals surface area contributed by atoms with Crippen LogP contribution in [0.2, 0.25) is 0 Å². The van der Waals surface area contributed by atoms with Crippen molar-refractivity contribution in [2.75, 3.05) is 7.11 Å². The first-order valence-electron chi connectivity index (χ1n) is 5.87. The molecule has 1 aromatic carbocycles. The molecule has 0 radical (unpaired) electrons. The zero-order chi connectivity index (χ0) is 14.1. The van der Waals surface area contributed by atoms with Crippen molar-refractivity contribution >= 4 is 17.0 Å². The Kier molecular flexibility index (Phi) is 2.90. The van der Waals surface area contributed by atoms with Gasteiger partial charge in [0.2, 0.25) is 0 Å². The third kappa shape index (κ3) is 1.91. The van der Waals surface area contributed by atoms with Gasteiger partial charge in [0.25, 0.3) is 0 Å². The minimum absolute atomic E-state index is 0.135. The summed E-state index contributed by atoms with van der Waals surface area (Å²) in [6, 6.07) is 7.58. The van der Waals surface area contributed by atoms with Crippen LogP contribution in [0.4, 0.5) is 4.39 Å². The molecule has 0 fully saturated rings. The predicted octanol–water partition coefficient (Wildman–Crippen LogP) is 2.35. The van der Waals surface area contributed by atoms with E-state index in [1.165, 1.54) is 19.2 Å². The minimum atomic E-state index is -0.606. The molecule has 0 atom stereocenters. The highest BCUT2D eigenvalue weighted by Crippen LogP contribution is 2.22. The van der Waals surface area contributed by atoms with E-state index in [4.69, 9.17) is 0 Å². The molecule has 0 saturated carbocycles. The van der Waals surface area contributed by atoms with Gasteiger partial charge in [0.15, 0.2) is 5.65 Å². The van der Waals surface area contributed by atoms with E-state index in [1.54, 1.807) is 23.0 Å². The summed E-state index contributed by atoms with van der Waals surface area (Å²) in [7, 11) is 1.25. The van der Waals surface area contributed by atoms with Gasteiger partial charge in [0.05, 0.1) is 24.6 Å². The maximum absolute atomic E-state index is 13.4. The Morgan fingerprint density at radius 3 is 2.95 bits per heavy atom. The highest BCUT2D eigenvalue weighted by molar-refractivity contribution is 5.94. The van der Waals surface area contributed by atoms with Crippen LogP contribution >= 0.6 is 0 Å². The van der Waals surface area contributed by atoms with Gasteiger partial charge in [-0.3, -0.25) is 4.57 Å². The second kappa shape index (κ2) is 4.73. The zero-order valence-electron chi connectivity index (χ0n) is 10.6. The summed E-state index contributed by atoms with van der Waals surface area (Å²) < 4.78 is 19.7. The molecule has 0 spiro atoms. The molecule has 0 aliphatic carbocycles. The quantitative estimate of drug-likeness (QED) is 0.671. The van der Waals surface area contributed by atoms with Gasteiger partial charge in [-0.05, 0) is 30.3 Å². The van der Waals surface area contributed by atoms with Crippen molar-refractivity contribution in [2.24, 2.45) is 0 Å². The largest absolute Gasteiger partial charge is 0.465 e. The highest BCUT2D eigenvalue weighted by atomic mass is 19.1. The first-order chi connectivity index (χ1) is 9.70.